The van der Waals surface area contributed by atoms with Gasteiger partial charge in [0.15, 0.2) is 0 Å². The fraction of sp³-hybridized carbons (Fsp3) is 0.222. The molecule has 9 heteroatoms. The standard InChI is InChI=1S/C18H21N3O5S/c1-13(21-27(24,25)16-6-4-3-5-7-16)17(22)19-12-14-8-10-15(11-9-14)20-18(23)26-2/h3-11,13,21H,12H2,1-2H3,(H,19,22)(H,20,23)/t13-/m0/s1. The largest absolute Gasteiger partial charge is 0.453 e. The van der Waals surface area contributed by atoms with Crippen LogP contribution in [0, 0.1) is 0 Å². The molecule has 2 rings (SSSR count). The Balaban J connectivity index is 1.88. The Bertz CT molecular complexity index is 883. The van der Waals surface area contributed by atoms with E-state index in [9.17, 15) is 18.0 Å². The van der Waals surface area contributed by atoms with Crippen LogP contribution < -0.4 is 15.4 Å². The summed E-state index contributed by atoms with van der Waals surface area (Å²) in [6, 6.07) is 13.7. The number of rotatable bonds is 7. The molecule has 2 amide bonds. The van der Waals surface area contributed by atoms with Crippen molar-refractivity contribution < 1.29 is 22.7 Å². The molecular formula is C18H21N3O5S. The quantitative estimate of drug-likeness (QED) is 0.667. The van der Waals surface area contributed by atoms with Crippen LogP contribution in [0.2, 0.25) is 0 Å². The zero-order valence-corrected chi connectivity index (χ0v) is 15.7. The first-order valence-corrected chi connectivity index (χ1v) is 9.59. The van der Waals surface area contributed by atoms with Crippen molar-refractivity contribution in [2.45, 2.75) is 24.4 Å². The molecule has 0 heterocycles. The van der Waals surface area contributed by atoms with Gasteiger partial charge in [-0.3, -0.25) is 10.1 Å². The average molecular weight is 391 g/mol. The lowest BCUT2D eigenvalue weighted by atomic mass is 10.2. The Morgan fingerprint density at radius 1 is 1.04 bits per heavy atom. The zero-order valence-electron chi connectivity index (χ0n) is 14.9. The van der Waals surface area contributed by atoms with Crippen molar-refractivity contribution in [3.63, 3.8) is 0 Å². The van der Waals surface area contributed by atoms with Crippen LogP contribution in [0.25, 0.3) is 0 Å². The van der Waals surface area contributed by atoms with Gasteiger partial charge in [0.05, 0.1) is 18.0 Å². The molecule has 27 heavy (non-hydrogen) atoms. The fourth-order valence-electron chi connectivity index (χ4n) is 2.17. The monoisotopic (exact) mass is 391 g/mol. The molecule has 0 aromatic heterocycles. The van der Waals surface area contributed by atoms with Gasteiger partial charge in [-0.25, -0.2) is 13.2 Å². The Morgan fingerprint density at radius 3 is 2.26 bits per heavy atom. The van der Waals surface area contributed by atoms with Crippen molar-refractivity contribution >= 4 is 27.7 Å². The van der Waals surface area contributed by atoms with Crippen LogP contribution in [0.4, 0.5) is 10.5 Å². The summed E-state index contributed by atoms with van der Waals surface area (Å²) in [4.78, 5) is 23.4. The number of hydrogen-bond donors (Lipinski definition) is 3. The summed E-state index contributed by atoms with van der Waals surface area (Å²) in [6.45, 7) is 1.69. The third kappa shape index (κ3) is 6.08. The van der Waals surface area contributed by atoms with E-state index in [0.717, 1.165) is 5.56 Å². The minimum absolute atomic E-state index is 0.0957. The van der Waals surface area contributed by atoms with E-state index < -0.39 is 28.1 Å². The molecule has 144 valence electrons. The third-order valence-electron chi connectivity index (χ3n) is 3.63. The Labute approximate surface area is 158 Å². The normalized spacial score (nSPS) is 12.1. The SMILES string of the molecule is COC(=O)Nc1ccc(CNC(=O)[C@H](C)NS(=O)(=O)c2ccccc2)cc1. The van der Waals surface area contributed by atoms with Crippen LogP contribution in [-0.4, -0.2) is 33.6 Å². The van der Waals surface area contributed by atoms with E-state index in [2.05, 4.69) is 20.1 Å². The van der Waals surface area contributed by atoms with Crippen molar-refractivity contribution in [1.82, 2.24) is 10.0 Å². The lowest BCUT2D eigenvalue weighted by molar-refractivity contribution is -0.122. The van der Waals surface area contributed by atoms with Crippen LogP contribution in [0.1, 0.15) is 12.5 Å². The van der Waals surface area contributed by atoms with Crippen molar-refractivity contribution in [3.05, 3.63) is 60.2 Å². The Morgan fingerprint density at radius 2 is 1.67 bits per heavy atom. The second-order valence-corrected chi connectivity index (χ2v) is 7.40. The Hall–Kier alpha value is -2.91. The number of sulfonamides is 1. The molecule has 0 radical (unpaired) electrons. The predicted octanol–water partition coefficient (Wildman–Crippen LogP) is 1.85. The first-order valence-electron chi connectivity index (χ1n) is 8.11. The second kappa shape index (κ2) is 9.15. The van der Waals surface area contributed by atoms with Crippen LogP contribution in [0.15, 0.2) is 59.5 Å². The van der Waals surface area contributed by atoms with Crippen LogP contribution >= 0.6 is 0 Å². The van der Waals surface area contributed by atoms with Gasteiger partial charge in [0.2, 0.25) is 15.9 Å². The van der Waals surface area contributed by atoms with E-state index in [0.29, 0.717) is 5.69 Å². The molecule has 0 spiro atoms. The number of benzene rings is 2. The summed E-state index contributed by atoms with van der Waals surface area (Å²) >= 11 is 0. The molecule has 0 aliphatic rings. The maximum absolute atomic E-state index is 12.2. The summed E-state index contributed by atoms with van der Waals surface area (Å²) < 4.78 is 31.3. The number of hydrogen-bond acceptors (Lipinski definition) is 5. The molecule has 2 aromatic carbocycles. The number of anilines is 1. The molecular weight excluding hydrogens is 370 g/mol. The minimum Gasteiger partial charge on any atom is -0.453 e. The summed E-state index contributed by atoms with van der Waals surface area (Å²) in [7, 11) is -2.50. The summed E-state index contributed by atoms with van der Waals surface area (Å²) in [6.07, 6.45) is -0.574. The number of methoxy groups -OCH3 is 1. The smallest absolute Gasteiger partial charge is 0.411 e. The van der Waals surface area contributed by atoms with Crippen molar-refractivity contribution in [1.29, 1.82) is 0 Å². The fourth-order valence-corrected chi connectivity index (χ4v) is 3.40. The van der Waals surface area contributed by atoms with E-state index in [1.54, 1.807) is 42.5 Å². The first-order chi connectivity index (χ1) is 12.8. The third-order valence-corrected chi connectivity index (χ3v) is 5.19. The highest BCUT2D eigenvalue weighted by Crippen LogP contribution is 2.10. The zero-order chi connectivity index (χ0) is 19.9. The minimum atomic E-state index is -3.77. The molecule has 0 bridgehead atoms. The summed E-state index contributed by atoms with van der Waals surface area (Å²) in [5, 5.41) is 5.18. The van der Waals surface area contributed by atoms with Crippen molar-refractivity contribution in [3.8, 4) is 0 Å². The maximum atomic E-state index is 12.2. The Kier molecular flexibility index (Phi) is 6.91. The number of carbonyl (C=O) groups is 2. The highest BCUT2D eigenvalue weighted by molar-refractivity contribution is 7.89. The van der Waals surface area contributed by atoms with Crippen molar-refractivity contribution in [2.75, 3.05) is 12.4 Å². The molecule has 0 fully saturated rings. The van der Waals surface area contributed by atoms with E-state index >= 15 is 0 Å². The van der Waals surface area contributed by atoms with Gasteiger partial charge in [-0.15, -0.1) is 0 Å². The van der Waals surface area contributed by atoms with Gasteiger partial charge in [0.25, 0.3) is 0 Å². The highest BCUT2D eigenvalue weighted by Gasteiger charge is 2.21. The van der Waals surface area contributed by atoms with Gasteiger partial charge in [-0.2, -0.15) is 4.72 Å². The molecule has 1 atom stereocenters. The first kappa shape index (κ1) is 20.4. The lowest BCUT2D eigenvalue weighted by Gasteiger charge is -2.14. The molecule has 2 aromatic rings. The molecule has 8 nitrogen and oxygen atoms in total. The molecule has 0 unspecified atom stereocenters. The number of carbonyl (C=O) groups excluding carboxylic acids is 2. The topological polar surface area (TPSA) is 114 Å². The van der Waals surface area contributed by atoms with Gasteiger partial charge in [0, 0.05) is 12.2 Å². The van der Waals surface area contributed by atoms with Gasteiger partial charge in [0.1, 0.15) is 0 Å². The van der Waals surface area contributed by atoms with Crippen LogP contribution in [0.5, 0.6) is 0 Å². The second-order valence-electron chi connectivity index (χ2n) is 5.69. The van der Waals surface area contributed by atoms with Gasteiger partial charge < -0.3 is 10.1 Å². The summed E-state index contributed by atoms with van der Waals surface area (Å²) in [5.74, 6) is -0.453. The number of amides is 2. The van der Waals surface area contributed by atoms with E-state index in [1.807, 2.05) is 0 Å². The van der Waals surface area contributed by atoms with Crippen LogP contribution in [0.3, 0.4) is 0 Å². The van der Waals surface area contributed by atoms with Gasteiger partial charge in [-0.05, 0) is 36.8 Å². The summed E-state index contributed by atoms with van der Waals surface area (Å²) in [5.41, 5.74) is 1.35. The average Bonchev–Trinajstić information content (AvgIpc) is 2.67. The molecule has 0 aliphatic carbocycles. The van der Waals surface area contributed by atoms with Gasteiger partial charge in [-0.1, -0.05) is 30.3 Å². The van der Waals surface area contributed by atoms with Crippen LogP contribution in [-0.2, 0) is 26.1 Å². The predicted molar refractivity (Wildman–Crippen MR) is 101 cm³/mol. The van der Waals surface area contributed by atoms with Crippen molar-refractivity contribution in [2.24, 2.45) is 0 Å². The number of ether oxygens (including phenoxy) is 1. The highest BCUT2D eigenvalue weighted by atomic mass is 32.2. The molecule has 0 saturated heterocycles. The van der Waals surface area contributed by atoms with E-state index in [-0.39, 0.29) is 11.4 Å². The molecule has 0 saturated carbocycles. The van der Waals surface area contributed by atoms with E-state index in [1.165, 1.54) is 26.2 Å². The van der Waals surface area contributed by atoms with E-state index in [4.69, 9.17) is 0 Å². The van der Waals surface area contributed by atoms with Gasteiger partial charge >= 0.3 is 6.09 Å². The molecule has 0 aliphatic heterocycles. The lowest BCUT2D eigenvalue weighted by Crippen LogP contribution is -2.44. The maximum Gasteiger partial charge on any atom is 0.411 e. The number of nitrogens with one attached hydrogen (secondary N) is 3. The molecule has 3 N–H and O–H groups in total.